The van der Waals surface area contributed by atoms with Crippen molar-refractivity contribution in [2.24, 2.45) is 0 Å². The van der Waals surface area contributed by atoms with E-state index in [4.69, 9.17) is 0 Å². The highest BCUT2D eigenvalue weighted by Gasteiger charge is 2.35. The second-order valence-electron chi connectivity index (χ2n) is 12.2. The lowest BCUT2D eigenvalue weighted by atomic mass is 9.98. The fourth-order valence-corrected chi connectivity index (χ4v) is 4.90. The highest BCUT2D eigenvalue weighted by atomic mass is 16.3. The molecule has 240 valence electrons. The van der Waals surface area contributed by atoms with Gasteiger partial charge in [-0.05, 0) is 62.6 Å². The van der Waals surface area contributed by atoms with Gasteiger partial charge in [0.1, 0.15) is 12.1 Å². The summed E-state index contributed by atoms with van der Waals surface area (Å²) in [6.45, 7) is 5.74. The van der Waals surface area contributed by atoms with Crippen molar-refractivity contribution in [3.8, 4) is 11.1 Å². The van der Waals surface area contributed by atoms with Crippen LogP contribution in [0.15, 0.2) is 97.1 Å². The van der Waals surface area contributed by atoms with E-state index < -0.39 is 18.2 Å². The number of nitrogens with zero attached hydrogens (tertiary/aromatic N) is 2. The van der Waals surface area contributed by atoms with Crippen LogP contribution in [0.5, 0.6) is 0 Å². The van der Waals surface area contributed by atoms with E-state index in [0.29, 0.717) is 6.42 Å². The van der Waals surface area contributed by atoms with E-state index in [-0.39, 0.29) is 42.6 Å². The number of hydrogen-bond donors (Lipinski definition) is 3. The highest BCUT2D eigenvalue weighted by Crippen LogP contribution is 2.21. The quantitative estimate of drug-likeness (QED) is 0.223. The van der Waals surface area contributed by atoms with Gasteiger partial charge in [-0.3, -0.25) is 14.4 Å². The number of aliphatic hydroxyl groups excluding tert-OH is 1. The van der Waals surface area contributed by atoms with Gasteiger partial charge in [0, 0.05) is 39.0 Å². The summed E-state index contributed by atoms with van der Waals surface area (Å²) in [6, 6.07) is 25.8. The van der Waals surface area contributed by atoms with Gasteiger partial charge in [-0.25, -0.2) is 0 Å². The number of aliphatic hydroxyl groups is 1. The number of nitrogens with one attached hydrogen (secondary N) is 2. The topological polar surface area (TPSA) is 102 Å². The molecule has 0 heterocycles. The van der Waals surface area contributed by atoms with E-state index in [0.717, 1.165) is 22.3 Å². The Hall–Kier alpha value is -4.27. The SMILES string of the molecule is CNC(C)(C)C/C=C/C(=O)N(C)[C@H](Cc1ccc(-c2ccccc2)cc1)C(=O)N(C)[C@H](Cc1ccccc1)C(=O)NC[C@@H](C)O. The molecule has 3 rings (SSSR count). The average Bonchev–Trinajstić information content (AvgIpc) is 3.05. The van der Waals surface area contributed by atoms with Gasteiger partial charge in [0.05, 0.1) is 6.10 Å². The number of rotatable bonds is 15. The maximum absolute atomic E-state index is 14.3. The summed E-state index contributed by atoms with van der Waals surface area (Å²) in [7, 11) is 5.11. The Morgan fingerprint density at radius 2 is 1.33 bits per heavy atom. The van der Waals surface area contributed by atoms with Crippen molar-refractivity contribution in [1.29, 1.82) is 0 Å². The van der Waals surface area contributed by atoms with Gasteiger partial charge < -0.3 is 25.5 Å². The molecule has 0 spiro atoms. The molecule has 0 radical (unpaired) electrons. The van der Waals surface area contributed by atoms with Gasteiger partial charge in [0.2, 0.25) is 17.7 Å². The Labute approximate surface area is 268 Å². The maximum Gasteiger partial charge on any atom is 0.246 e. The van der Waals surface area contributed by atoms with Gasteiger partial charge >= 0.3 is 0 Å². The van der Waals surface area contributed by atoms with Crippen LogP contribution in [0.25, 0.3) is 11.1 Å². The minimum absolute atomic E-state index is 0.0650. The zero-order valence-electron chi connectivity index (χ0n) is 27.4. The van der Waals surface area contributed by atoms with E-state index >= 15 is 0 Å². The maximum atomic E-state index is 14.3. The Morgan fingerprint density at radius 1 is 0.800 bits per heavy atom. The first-order chi connectivity index (χ1) is 21.4. The van der Waals surface area contributed by atoms with Crippen LogP contribution in [0, 0.1) is 0 Å². The van der Waals surface area contributed by atoms with Crippen molar-refractivity contribution < 1.29 is 19.5 Å². The molecule has 0 fully saturated rings. The molecule has 0 saturated carbocycles. The van der Waals surface area contributed by atoms with Crippen molar-refractivity contribution >= 4 is 17.7 Å². The summed E-state index contributed by atoms with van der Waals surface area (Å²) in [4.78, 5) is 44.0. The second-order valence-corrected chi connectivity index (χ2v) is 12.2. The van der Waals surface area contributed by atoms with Crippen molar-refractivity contribution in [3.63, 3.8) is 0 Å². The summed E-state index contributed by atoms with van der Waals surface area (Å²) in [5.41, 5.74) is 3.73. The van der Waals surface area contributed by atoms with E-state index in [9.17, 15) is 19.5 Å². The van der Waals surface area contributed by atoms with Crippen LogP contribution in [-0.4, -0.2) is 84.0 Å². The third kappa shape index (κ3) is 10.7. The first-order valence-electron chi connectivity index (χ1n) is 15.4. The summed E-state index contributed by atoms with van der Waals surface area (Å²) in [6.07, 6.45) is 3.77. The Kier molecular flexibility index (Phi) is 13.1. The van der Waals surface area contributed by atoms with E-state index in [1.54, 1.807) is 21.0 Å². The summed E-state index contributed by atoms with van der Waals surface area (Å²) in [5.74, 6) is -1.02. The van der Waals surface area contributed by atoms with Crippen LogP contribution in [0.1, 0.15) is 38.3 Å². The van der Waals surface area contributed by atoms with Crippen LogP contribution in [0.3, 0.4) is 0 Å². The predicted molar refractivity (Wildman–Crippen MR) is 180 cm³/mol. The molecule has 8 heteroatoms. The molecule has 0 bridgehead atoms. The Bertz CT molecular complexity index is 1410. The van der Waals surface area contributed by atoms with Gasteiger partial charge in [0.25, 0.3) is 0 Å². The largest absolute Gasteiger partial charge is 0.392 e. The minimum Gasteiger partial charge on any atom is -0.392 e. The van der Waals surface area contributed by atoms with Crippen LogP contribution in [0.2, 0.25) is 0 Å². The van der Waals surface area contributed by atoms with Gasteiger partial charge in [-0.2, -0.15) is 0 Å². The molecule has 3 amide bonds. The fourth-order valence-electron chi connectivity index (χ4n) is 4.90. The van der Waals surface area contributed by atoms with E-state index in [2.05, 4.69) is 10.6 Å². The van der Waals surface area contributed by atoms with Crippen LogP contribution in [0.4, 0.5) is 0 Å². The second kappa shape index (κ2) is 16.7. The molecule has 0 unspecified atom stereocenters. The third-order valence-electron chi connectivity index (χ3n) is 8.12. The van der Waals surface area contributed by atoms with Crippen LogP contribution < -0.4 is 10.6 Å². The molecule has 8 nitrogen and oxygen atoms in total. The first kappa shape index (κ1) is 35.2. The molecule has 3 atom stereocenters. The summed E-state index contributed by atoms with van der Waals surface area (Å²) < 4.78 is 0. The molecular weight excluding hydrogens is 564 g/mol. The zero-order valence-corrected chi connectivity index (χ0v) is 27.4. The zero-order chi connectivity index (χ0) is 33.0. The molecule has 0 aliphatic carbocycles. The van der Waals surface area contributed by atoms with Gasteiger partial charge in [0.15, 0.2) is 0 Å². The molecule has 0 saturated heterocycles. The molecule has 3 N–H and O–H groups in total. The number of likely N-dealkylation sites (N-methyl/N-ethyl adjacent to an activating group) is 2. The Morgan fingerprint density at radius 3 is 1.91 bits per heavy atom. The lowest BCUT2D eigenvalue weighted by Crippen LogP contribution is -2.56. The lowest BCUT2D eigenvalue weighted by molar-refractivity contribution is -0.146. The first-order valence-corrected chi connectivity index (χ1v) is 15.4. The lowest BCUT2D eigenvalue weighted by Gasteiger charge is -2.34. The molecule has 0 aromatic heterocycles. The number of benzene rings is 3. The monoisotopic (exact) mass is 612 g/mol. The number of carbonyl (C=O) groups is 3. The van der Waals surface area contributed by atoms with Crippen LogP contribution in [-0.2, 0) is 27.2 Å². The van der Waals surface area contributed by atoms with Crippen LogP contribution >= 0.6 is 0 Å². The normalized spacial score (nSPS) is 13.6. The number of amides is 3. The molecular formula is C37H48N4O4. The fraction of sp³-hybridized carbons (Fsp3) is 0.378. The Balaban J connectivity index is 1.92. The van der Waals surface area contributed by atoms with E-state index in [1.807, 2.05) is 112 Å². The minimum atomic E-state index is -0.866. The summed E-state index contributed by atoms with van der Waals surface area (Å²) in [5, 5.41) is 15.8. The highest BCUT2D eigenvalue weighted by molar-refractivity contribution is 5.95. The number of carbonyl (C=O) groups excluding carboxylic acids is 3. The smallest absolute Gasteiger partial charge is 0.246 e. The van der Waals surface area contributed by atoms with Crippen molar-refractivity contribution in [3.05, 3.63) is 108 Å². The summed E-state index contributed by atoms with van der Waals surface area (Å²) >= 11 is 0. The standard InChI is InChI=1S/C37H48N4O4/c1-27(42)26-39-35(44)32(24-28-14-9-7-10-15-28)41(6)36(45)33(40(5)34(43)18-13-23-37(2,3)38-4)25-29-19-21-31(22-20-29)30-16-11-8-12-17-30/h7-22,27,32-33,38,42H,23-26H2,1-6H3,(H,39,44)/b18-13+/t27-,32-,33-/m1/s1. The molecule has 45 heavy (non-hydrogen) atoms. The predicted octanol–water partition coefficient (Wildman–Crippen LogP) is 4.23. The third-order valence-corrected chi connectivity index (χ3v) is 8.12. The molecule has 0 aliphatic rings. The van der Waals surface area contributed by atoms with E-state index in [1.165, 1.54) is 15.9 Å². The van der Waals surface area contributed by atoms with Gasteiger partial charge in [-0.1, -0.05) is 91.0 Å². The van der Waals surface area contributed by atoms with Gasteiger partial charge in [-0.15, -0.1) is 0 Å². The molecule has 0 aliphatic heterocycles. The average molecular weight is 613 g/mol. The molecule has 3 aromatic rings. The van der Waals surface area contributed by atoms with Crippen molar-refractivity contribution in [1.82, 2.24) is 20.4 Å². The number of hydrogen-bond acceptors (Lipinski definition) is 5. The molecule has 3 aromatic carbocycles. The van der Waals surface area contributed by atoms with Crippen molar-refractivity contribution in [2.45, 2.75) is 63.8 Å². The van der Waals surface area contributed by atoms with Crippen molar-refractivity contribution in [2.75, 3.05) is 27.7 Å².